The molecule has 25 heavy (non-hydrogen) atoms. The number of aliphatic hydroxyl groups is 1. The summed E-state index contributed by atoms with van der Waals surface area (Å²) in [5.41, 5.74) is 2.12. The summed E-state index contributed by atoms with van der Waals surface area (Å²) < 4.78 is 14.7. The molecule has 2 N–H and O–H groups in total. The summed E-state index contributed by atoms with van der Waals surface area (Å²) in [7, 11) is 1.81. The number of rotatable bonds is 4. The Morgan fingerprint density at radius 1 is 1.44 bits per heavy atom. The van der Waals surface area contributed by atoms with Gasteiger partial charge in [0.15, 0.2) is 0 Å². The number of aryl methyl sites for hydroxylation is 2. The first-order valence-electron chi connectivity index (χ1n) is 8.45. The molecule has 3 rings (SSSR count). The number of halogens is 1. The standard InChI is InChI=1S/C18H23FN4O2/c1-12-16(11-22(2)21-12)20-18(25)23-9-3-4-15(23)10-17(24)13-5-7-14(19)8-6-13/h5-8,11,15,17,24H,3-4,9-10H2,1-2H3,(H,20,25)/t15-,17+/m0/s1. The van der Waals surface area contributed by atoms with Gasteiger partial charge in [0.1, 0.15) is 5.82 Å². The Bertz CT molecular complexity index is 744. The molecule has 1 aliphatic rings. The van der Waals surface area contributed by atoms with E-state index in [0.29, 0.717) is 24.2 Å². The number of anilines is 1. The fraction of sp³-hybridized carbons (Fsp3) is 0.444. The van der Waals surface area contributed by atoms with E-state index in [0.717, 1.165) is 18.5 Å². The fourth-order valence-electron chi connectivity index (χ4n) is 3.34. The molecule has 6 nitrogen and oxygen atoms in total. The molecule has 1 aromatic carbocycles. The van der Waals surface area contributed by atoms with Crippen molar-refractivity contribution in [2.75, 3.05) is 11.9 Å². The van der Waals surface area contributed by atoms with E-state index < -0.39 is 6.10 Å². The lowest BCUT2D eigenvalue weighted by atomic mass is 10.0. The van der Waals surface area contributed by atoms with Gasteiger partial charge in [0.25, 0.3) is 0 Å². The number of carbonyl (C=O) groups is 1. The Morgan fingerprint density at radius 3 is 2.80 bits per heavy atom. The molecule has 0 radical (unpaired) electrons. The summed E-state index contributed by atoms with van der Waals surface area (Å²) in [6.07, 6.45) is 3.23. The van der Waals surface area contributed by atoms with Gasteiger partial charge in [0.2, 0.25) is 0 Å². The van der Waals surface area contributed by atoms with Crippen molar-refractivity contribution < 1.29 is 14.3 Å². The van der Waals surface area contributed by atoms with E-state index in [1.807, 2.05) is 6.92 Å². The third-order valence-corrected chi connectivity index (χ3v) is 4.64. The van der Waals surface area contributed by atoms with Gasteiger partial charge in [-0.25, -0.2) is 9.18 Å². The van der Waals surface area contributed by atoms with Gasteiger partial charge in [-0.05, 0) is 43.9 Å². The molecule has 0 aliphatic carbocycles. The SMILES string of the molecule is Cc1nn(C)cc1NC(=O)N1CCC[C@H]1C[C@@H](O)c1ccc(F)cc1. The predicted molar refractivity (Wildman–Crippen MR) is 92.7 cm³/mol. The molecular formula is C18H23FN4O2. The molecule has 0 spiro atoms. The van der Waals surface area contributed by atoms with Crippen molar-refractivity contribution in [3.05, 3.63) is 47.5 Å². The maximum Gasteiger partial charge on any atom is 0.322 e. The number of likely N-dealkylation sites (tertiary alicyclic amines) is 1. The van der Waals surface area contributed by atoms with Gasteiger partial charge in [-0.1, -0.05) is 12.1 Å². The van der Waals surface area contributed by atoms with E-state index in [-0.39, 0.29) is 17.9 Å². The van der Waals surface area contributed by atoms with Gasteiger partial charge in [-0.2, -0.15) is 5.10 Å². The largest absolute Gasteiger partial charge is 0.388 e. The molecule has 1 aliphatic heterocycles. The molecule has 0 bridgehead atoms. The highest BCUT2D eigenvalue weighted by Gasteiger charge is 2.31. The smallest absolute Gasteiger partial charge is 0.322 e. The second-order valence-electron chi connectivity index (χ2n) is 6.52. The summed E-state index contributed by atoms with van der Waals surface area (Å²) in [6.45, 7) is 2.50. The van der Waals surface area contributed by atoms with Crippen molar-refractivity contribution in [3.63, 3.8) is 0 Å². The number of nitrogens with zero attached hydrogens (tertiary/aromatic N) is 3. The number of urea groups is 1. The van der Waals surface area contributed by atoms with Gasteiger partial charge in [-0.3, -0.25) is 4.68 Å². The molecule has 2 aromatic rings. The van der Waals surface area contributed by atoms with E-state index in [9.17, 15) is 14.3 Å². The Morgan fingerprint density at radius 2 is 2.16 bits per heavy atom. The summed E-state index contributed by atoms with van der Waals surface area (Å²) in [6, 6.07) is 5.62. The summed E-state index contributed by atoms with van der Waals surface area (Å²) in [4.78, 5) is 14.4. The Labute approximate surface area is 146 Å². The second-order valence-corrected chi connectivity index (χ2v) is 6.52. The number of nitrogens with one attached hydrogen (secondary N) is 1. The first kappa shape index (κ1) is 17.4. The van der Waals surface area contributed by atoms with Crippen molar-refractivity contribution in [2.24, 2.45) is 7.05 Å². The lowest BCUT2D eigenvalue weighted by molar-refractivity contribution is 0.129. The van der Waals surface area contributed by atoms with E-state index in [4.69, 9.17) is 0 Å². The predicted octanol–water partition coefficient (Wildman–Crippen LogP) is 2.99. The average molecular weight is 346 g/mol. The molecular weight excluding hydrogens is 323 g/mol. The molecule has 2 amide bonds. The van der Waals surface area contributed by atoms with Crippen molar-refractivity contribution in [2.45, 2.75) is 38.3 Å². The number of hydrogen-bond acceptors (Lipinski definition) is 3. The normalized spacial score (nSPS) is 18.4. The van der Waals surface area contributed by atoms with Crippen molar-refractivity contribution in [1.82, 2.24) is 14.7 Å². The fourth-order valence-corrected chi connectivity index (χ4v) is 3.34. The third kappa shape index (κ3) is 3.99. The van der Waals surface area contributed by atoms with Crippen LogP contribution in [0.15, 0.2) is 30.5 Å². The minimum absolute atomic E-state index is 0.0444. The average Bonchev–Trinajstić information content (AvgIpc) is 3.14. The van der Waals surface area contributed by atoms with Crippen LogP contribution < -0.4 is 5.32 Å². The maximum absolute atomic E-state index is 13.0. The van der Waals surface area contributed by atoms with E-state index in [1.165, 1.54) is 12.1 Å². The van der Waals surface area contributed by atoms with E-state index >= 15 is 0 Å². The van der Waals surface area contributed by atoms with E-state index in [2.05, 4.69) is 10.4 Å². The molecule has 2 heterocycles. The van der Waals surface area contributed by atoms with Crippen LogP contribution in [-0.4, -0.2) is 38.4 Å². The molecule has 0 unspecified atom stereocenters. The van der Waals surface area contributed by atoms with Crippen LogP contribution in [0.2, 0.25) is 0 Å². The highest BCUT2D eigenvalue weighted by atomic mass is 19.1. The second kappa shape index (κ2) is 7.23. The van der Waals surface area contributed by atoms with Gasteiger partial charge in [0.05, 0.1) is 17.5 Å². The van der Waals surface area contributed by atoms with Gasteiger partial charge in [0, 0.05) is 25.8 Å². The number of amides is 2. The highest BCUT2D eigenvalue weighted by Crippen LogP contribution is 2.28. The molecule has 7 heteroatoms. The number of aliphatic hydroxyl groups excluding tert-OH is 1. The first-order valence-corrected chi connectivity index (χ1v) is 8.45. The Kier molecular flexibility index (Phi) is 5.03. The lowest BCUT2D eigenvalue weighted by Crippen LogP contribution is -2.39. The minimum Gasteiger partial charge on any atom is -0.388 e. The number of carbonyl (C=O) groups excluding carboxylic acids is 1. The van der Waals surface area contributed by atoms with Crippen LogP contribution in [0.1, 0.15) is 36.6 Å². The van der Waals surface area contributed by atoms with Crippen molar-refractivity contribution in [1.29, 1.82) is 0 Å². The molecule has 2 atom stereocenters. The van der Waals surface area contributed by atoms with Crippen molar-refractivity contribution >= 4 is 11.7 Å². The first-order chi connectivity index (χ1) is 11.9. The van der Waals surface area contributed by atoms with Gasteiger partial charge < -0.3 is 15.3 Å². The highest BCUT2D eigenvalue weighted by molar-refractivity contribution is 5.90. The van der Waals surface area contributed by atoms with Crippen molar-refractivity contribution in [3.8, 4) is 0 Å². The Hall–Kier alpha value is -2.41. The van der Waals surface area contributed by atoms with Crippen LogP contribution in [0.4, 0.5) is 14.9 Å². The van der Waals surface area contributed by atoms with Crippen LogP contribution in [-0.2, 0) is 7.05 Å². The van der Waals surface area contributed by atoms with Gasteiger partial charge in [-0.15, -0.1) is 0 Å². The molecule has 1 saturated heterocycles. The van der Waals surface area contributed by atoms with Gasteiger partial charge >= 0.3 is 6.03 Å². The zero-order valence-corrected chi connectivity index (χ0v) is 14.4. The lowest BCUT2D eigenvalue weighted by Gasteiger charge is -2.26. The van der Waals surface area contributed by atoms with Crippen LogP contribution in [0, 0.1) is 12.7 Å². The van der Waals surface area contributed by atoms with Crippen LogP contribution in [0.25, 0.3) is 0 Å². The third-order valence-electron chi connectivity index (χ3n) is 4.64. The summed E-state index contributed by atoms with van der Waals surface area (Å²) in [5, 5.41) is 17.5. The molecule has 134 valence electrons. The molecule has 1 aromatic heterocycles. The van der Waals surface area contributed by atoms with Crippen LogP contribution in [0.3, 0.4) is 0 Å². The summed E-state index contributed by atoms with van der Waals surface area (Å²) in [5.74, 6) is -0.329. The van der Waals surface area contributed by atoms with Crippen LogP contribution >= 0.6 is 0 Å². The number of benzene rings is 1. The number of hydrogen-bond donors (Lipinski definition) is 2. The van der Waals surface area contributed by atoms with E-state index in [1.54, 1.807) is 35.0 Å². The molecule has 1 fully saturated rings. The zero-order valence-electron chi connectivity index (χ0n) is 14.4. The monoisotopic (exact) mass is 346 g/mol. The molecule has 0 saturated carbocycles. The Balaban J connectivity index is 1.64. The quantitative estimate of drug-likeness (QED) is 0.894. The van der Waals surface area contributed by atoms with Crippen LogP contribution in [0.5, 0.6) is 0 Å². The number of aromatic nitrogens is 2. The topological polar surface area (TPSA) is 70.4 Å². The zero-order chi connectivity index (χ0) is 18.0. The summed E-state index contributed by atoms with van der Waals surface area (Å²) >= 11 is 0. The minimum atomic E-state index is -0.723. The maximum atomic E-state index is 13.0.